The molecule has 5 N–H and O–H groups in total. The third kappa shape index (κ3) is 10.2. The molecule has 0 aliphatic carbocycles. The highest BCUT2D eigenvalue weighted by Gasteiger charge is 2.48. The van der Waals surface area contributed by atoms with E-state index in [9.17, 15) is 33.9 Å². The Bertz CT molecular complexity index is 1500. The van der Waals surface area contributed by atoms with E-state index in [0.717, 1.165) is 5.56 Å². The standard InChI is InChI=1S/C39H60N6O7/c1-11-15-27(31(47)34(49)40-19-12-2)41-33(48)30-25(23(3)4)18-20-44(30)36(51)32(39(8,9)10)43-37(52)42-28(38(5,6)7)22-45-29(46)21-24-16-13-14-17-26(24)35(45)50/h12-14,16-17,23,25,27-30,32,46H,2,11,15,18-22H2,1,3-10H3,(H,40,49)(H,41,48)(H2,42,43,52)/t25-,27?,28-,29?,30+,32-/m1/s1. The predicted octanol–water partition coefficient (Wildman–Crippen LogP) is 3.16. The third-order valence-electron chi connectivity index (χ3n) is 10.1. The van der Waals surface area contributed by atoms with Crippen LogP contribution in [0, 0.1) is 22.7 Å². The van der Waals surface area contributed by atoms with Crippen molar-refractivity contribution in [1.82, 2.24) is 31.1 Å². The van der Waals surface area contributed by atoms with Crippen LogP contribution < -0.4 is 21.3 Å². The fraction of sp³-hybridized carbons (Fsp3) is 0.641. The number of hydrogen-bond acceptors (Lipinski definition) is 7. The maximum Gasteiger partial charge on any atom is 0.315 e. The van der Waals surface area contributed by atoms with Crippen LogP contribution in [0.4, 0.5) is 4.79 Å². The minimum atomic E-state index is -1.07. The third-order valence-corrected chi connectivity index (χ3v) is 10.1. The lowest BCUT2D eigenvalue weighted by Crippen LogP contribution is -2.63. The molecule has 2 heterocycles. The molecule has 13 nitrogen and oxygen atoms in total. The molecule has 52 heavy (non-hydrogen) atoms. The zero-order valence-electron chi connectivity index (χ0n) is 32.4. The highest BCUT2D eigenvalue weighted by Crippen LogP contribution is 2.34. The molecule has 0 bridgehead atoms. The maximum absolute atomic E-state index is 14.5. The summed E-state index contributed by atoms with van der Waals surface area (Å²) in [6.45, 7) is 20.9. The van der Waals surface area contributed by atoms with Crippen LogP contribution in [0.1, 0.15) is 97.5 Å². The monoisotopic (exact) mass is 724 g/mol. The van der Waals surface area contributed by atoms with Crippen LogP contribution >= 0.6 is 0 Å². The van der Waals surface area contributed by atoms with Gasteiger partial charge in [0.1, 0.15) is 18.3 Å². The first-order valence-corrected chi connectivity index (χ1v) is 18.4. The van der Waals surface area contributed by atoms with E-state index in [2.05, 4.69) is 27.8 Å². The van der Waals surface area contributed by atoms with Crippen molar-refractivity contribution in [1.29, 1.82) is 0 Å². The van der Waals surface area contributed by atoms with E-state index < -0.39 is 70.8 Å². The van der Waals surface area contributed by atoms with Gasteiger partial charge in [-0.25, -0.2) is 4.79 Å². The Morgan fingerprint density at radius 2 is 1.65 bits per heavy atom. The maximum atomic E-state index is 14.5. The van der Waals surface area contributed by atoms with Crippen molar-refractivity contribution in [2.45, 2.75) is 118 Å². The van der Waals surface area contributed by atoms with Gasteiger partial charge in [-0.05, 0) is 47.1 Å². The molecule has 0 aromatic heterocycles. The molecule has 2 aliphatic rings. The molecule has 2 unspecified atom stereocenters. The van der Waals surface area contributed by atoms with E-state index in [0.29, 0.717) is 18.4 Å². The number of rotatable bonds is 14. The van der Waals surface area contributed by atoms with E-state index in [-0.39, 0.29) is 50.2 Å². The number of amides is 6. The number of ketones is 1. The first kappa shape index (κ1) is 42.2. The van der Waals surface area contributed by atoms with E-state index in [4.69, 9.17) is 0 Å². The van der Waals surface area contributed by atoms with Gasteiger partial charge in [0.05, 0.1) is 12.1 Å². The number of fused-ring (bicyclic) bond motifs is 1. The van der Waals surface area contributed by atoms with Gasteiger partial charge in [-0.15, -0.1) is 6.58 Å². The van der Waals surface area contributed by atoms with Gasteiger partial charge >= 0.3 is 6.03 Å². The van der Waals surface area contributed by atoms with Crippen LogP contribution in [-0.4, -0.2) is 100 Å². The molecule has 1 saturated heterocycles. The number of Topliss-reactive ketones (excluding diaryl/α,β-unsaturated/α-hetero) is 1. The van der Waals surface area contributed by atoms with Gasteiger partial charge in [0, 0.05) is 31.6 Å². The Kier molecular flexibility index (Phi) is 14.2. The van der Waals surface area contributed by atoms with E-state index >= 15 is 0 Å². The summed E-state index contributed by atoms with van der Waals surface area (Å²) >= 11 is 0. The molecular weight excluding hydrogens is 664 g/mol. The second-order valence-electron chi connectivity index (χ2n) is 16.5. The fourth-order valence-corrected chi connectivity index (χ4v) is 6.91. The summed E-state index contributed by atoms with van der Waals surface area (Å²) in [6.07, 6.45) is 1.97. The SMILES string of the molecule is C=CCNC(=O)C(=O)C(CCC)NC(=O)[C@@H]1[C@@H](C(C)C)CCN1C(=O)[C@@H](NC(=O)N[C@H](CN1C(=O)c2ccccc2CC1O)C(C)(C)C)C(C)(C)C. The summed E-state index contributed by atoms with van der Waals surface area (Å²) in [5.41, 5.74) is -0.0628. The zero-order chi connectivity index (χ0) is 39.1. The lowest BCUT2D eigenvalue weighted by atomic mass is 9.84. The predicted molar refractivity (Wildman–Crippen MR) is 199 cm³/mol. The number of aliphatic hydroxyl groups excluding tert-OH is 1. The summed E-state index contributed by atoms with van der Waals surface area (Å²) in [5.74, 6) is -3.10. The smallest absolute Gasteiger partial charge is 0.315 e. The molecule has 2 aliphatic heterocycles. The number of nitrogens with one attached hydrogen (secondary N) is 4. The Morgan fingerprint density at radius 3 is 2.23 bits per heavy atom. The fourth-order valence-electron chi connectivity index (χ4n) is 6.91. The number of urea groups is 1. The van der Waals surface area contributed by atoms with Crippen molar-refractivity contribution in [2.24, 2.45) is 22.7 Å². The summed E-state index contributed by atoms with van der Waals surface area (Å²) in [7, 11) is 0. The summed E-state index contributed by atoms with van der Waals surface area (Å²) < 4.78 is 0. The number of hydrogen-bond donors (Lipinski definition) is 5. The summed E-state index contributed by atoms with van der Waals surface area (Å²) in [5, 5.41) is 22.0. The van der Waals surface area contributed by atoms with Crippen molar-refractivity contribution < 1.29 is 33.9 Å². The first-order valence-electron chi connectivity index (χ1n) is 18.4. The molecule has 1 aromatic carbocycles. The number of benzene rings is 1. The Balaban J connectivity index is 1.84. The molecule has 0 spiro atoms. The van der Waals surface area contributed by atoms with Crippen molar-refractivity contribution in [3.05, 3.63) is 48.0 Å². The topological polar surface area (TPSA) is 177 Å². The second-order valence-corrected chi connectivity index (χ2v) is 16.5. The lowest BCUT2D eigenvalue weighted by Gasteiger charge is -2.41. The van der Waals surface area contributed by atoms with Crippen molar-refractivity contribution in [2.75, 3.05) is 19.6 Å². The first-order chi connectivity index (χ1) is 24.2. The summed E-state index contributed by atoms with van der Waals surface area (Å²) in [6, 6.07) is 2.84. The van der Waals surface area contributed by atoms with Crippen LogP contribution in [0.5, 0.6) is 0 Å². The Hall–Kier alpha value is -4.26. The molecule has 3 rings (SSSR count). The van der Waals surface area contributed by atoms with Crippen molar-refractivity contribution in [3.63, 3.8) is 0 Å². The minimum Gasteiger partial charge on any atom is -0.373 e. The normalized spacial score (nSPS) is 20.8. The van der Waals surface area contributed by atoms with Gasteiger partial charge in [0.2, 0.25) is 17.6 Å². The average molecular weight is 725 g/mol. The number of aliphatic hydroxyl groups is 1. The molecule has 0 saturated carbocycles. The van der Waals surface area contributed by atoms with E-state index in [1.54, 1.807) is 12.1 Å². The van der Waals surface area contributed by atoms with Crippen LogP contribution in [0.2, 0.25) is 0 Å². The van der Waals surface area contributed by atoms with E-state index in [1.807, 2.05) is 74.4 Å². The number of likely N-dealkylation sites (tertiary alicyclic amines) is 1. The molecule has 13 heteroatoms. The Morgan fingerprint density at radius 1 is 1.00 bits per heavy atom. The zero-order valence-corrected chi connectivity index (χ0v) is 32.4. The highest BCUT2D eigenvalue weighted by atomic mass is 16.3. The minimum absolute atomic E-state index is 0.0152. The quantitative estimate of drug-likeness (QED) is 0.145. The van der Waals surface area contributed by atoms with Gasteiger partial charge in [0.15, 0.2) is 0 Å². The number of nitrogens with zero attached hydrogens (tertiary/aromatic N) is 2. The molecule has 288 valence electrons. The van der Waals surface area contributed by atoms with Gasteiger partial charge in [0.25, 0.3) is 11.8 Å². The van der Waals surface area contributed by atoms with Crippen LogP contribution in [-0.2, 0) is 25.6 Å². The molecule has 6 atom stereocenters. The van der Waals surface area contributed by atoms with Crippen molar-refractivity contribution >= 4 is 35.4 Å². The van der Waals surface area contributed by atoms with Crippen LogP contribution in [0.25, 0.3) is 0 Å². The van der Waals surface area contributed by atoms with Crippen LogP contribution in [0.3, 0.4) is 0 Å². The lowest BCUT2D eigenvalue weighted by molar-refractivity contribution is -0.144. The Labute approximate surface area is 308 Å². The molecule has 0 radical (unpaired) electrons. The average Bonchev–Trinajstić information content (AvgIpc) is 3.51. The second kappa shape index (κ2) is 17.5. The molecule has 6 amide bonds. The van der Waals surface area contributed by atoms with Crippen LogP contribution in [0.15, 0.2) is 36.9 Å². The van der Waals surface area contributed by atoms with Gasteiger partial charge in [-0.3, -0.25) is 24.0 Å². The number of carbonyl (C=O) groups is 6. The highest BCUT2D eigenvalue weighted by molar-refractivity contribution is 6.38. The van der Waals surface area contributed by atoms with Gasteiger partial charge in [-0.1, -0.05) is 93.0 Å². The van der Waals surface area contributed by atoms with Gasteiger partial charge in [-0.2, -0.15) is 0 Å². The van der Waals surface area contributed by atoms with E-state index in [1.165, 1.54) is 15.9 Å². The van der Waals surface area contributed by atoms with Gasteiger partial charge < -0.3 is 36.2 Å². The summed E-state index contributed by atoms with van der Waals surface area (Å²) in [4.78, 5) is 84.0. The molecule has 1 fully saturated rings. The molecular formula is C39H60N6O7. The number of carbonyl (C=O) groups excluding carboxylic acids is 6. The van der Waals surface area contributed by atoms with Crippen molar-refractivity contribution in [3.8, 4) is 0 Å². The largest absolute Gasteiger partial charge is 0.373 e. The molecule has 1 aromatic rings.